The molecule has 0 amide bonds. The van der Waals surface area contributed by atoms with Gasteiger partial charge in [0.25, 0.3) is 0 Å². The van der Waals surface area contributed by atoms with Crippen LogP contribution in [0.5, 0.6) is 5.75 Å². The summed E-state index contributed by atoms with van der Waals surface area (Å²) < 4.78 is 70.1. The van der Waals surface area contributed by atoms with Crippen molar-refractivity contribution in [2.75, 3.05) is 50.7 Å². The van der Waals surface area contributed by atoms with Gasteiger partial charge in [-0.1, -0.05) is 11.8 Å². The van der Waals surface area contributed by atoms with Crippen LogP contribution in [0.3, 0.4) is 0 Å². The summed E-state index contributed by atoms with van der Waals surface area (Å²) in [6, 6.07) is 11.7. The number of fused-ring (bicyclic) bond motifs is 1. The zero-order valence-corrected chi connectivity index (χ0v) is 23.2. The molecule has 1 aliphatic rings. The number of hydrogen-bond donors (Lipinski definition) is 2. The Morgan fingerprint density at radius 1 is 1.18 bits per heavy atom. The van der Waals surface area contributed by atoms with E-state index in [-0.39, 0.29) is 23.4 Å². The predicted octanol–water partition coefficient (Wildman–Crippen LogP) is 4.34. The lowest BCUT2D eigenvalue weighted by Crippen LogP contribution is -2.44. The van der Waals surface area contributed by atoms with E-state index in [0.29, 0.717) is 46.6 Å². The number of nitrogens with one attached hydrogen (secondary N) is 2. The predicted molar refractivity (Wildman–Crippen MR) is 148 cm³/mol. The molecule has 8 nitrogen and oxygen atoms in total. The van der Waals surface area contributed by atoms with Gasteiger partial charge in [-0.05, 0) is 56.4 Å². The van der Waals surface area contributed by atoms with E-state index in [0.717, 1.165) is 17.4 Å². The summed E-state index contributed by atoms with van der Waals surface area (Å²) in [4.78, 5) is 2.21. The van der Waals surface area contributed by atoms with E-state index in [9.17, 15) is 26.9 Å². The van der Waals surface area contributed by atoms with Gasteiger partial charge in [-0.25, -0.2) is 8.42 Å². The van der Waals surface area contributed by atoms with Gasteiger partial charge in [0.1, 0.15) is 12.3 Å². The number of hydrogen-bond acceptors (Lipinski definition) is 7. The molecule has 4 rings (SSSR count). The first kappa shape index (κ1) is 29.1. The highest BCUT2D eigenvalue weighted by Crippen LogP contribution is 2.32. The number of rotatable bonds is 7. The van der Waals surface area contributed by atoms with Gasteiger partial charge < -0.3 is 24.8 Å². The third-order valence-electron chi connectivity index (χ3n) is 6.76. The lowest BCUT2D eigenvalue weighted by atomic mass is 9.93. The van der Waals surface area contributed by atoms with Crippen molar-refractivity contribution in [1.29, 1.82) is 5.26 Å². The van der Waals surface area contributed by atoms with E-state index in [4.69, 9.17) is 4.74 Å². The van der Waals surface area contributed by atoms with Crippen LogP contribution in [0.4, 0.5) is 24.5 Å². The highest BCUT2D eigenvalue weighted by atomic mass is 32.2. The molecule has 0 unspecified atom stereocenters. The molecule has 212 valence electrons. The molecule has 2 atom stereocenters. The molecule has 12 heteroatoms. The SMILES string of the molecule is COc1ccc(S(C)(=O)=O)cc1NCC#Cc1cc(N[C@@H]2CCN(C)C[C@H]2C#N)c2ccn(CC(F)(F)F)c2c1. The molecule has 0 aliphatic carbocycles. The average Bonchev–Trinajstić information content (AvgIpc) is 3.28. The number of nitrogens with zero attached hydrogens (tertiary/aromatic N) is 3. The first-order valence-corrected chi connectivity index (χ1v) is 14.4. The number of aromatic nitrogens is 1. The number of anilines is 2. The Labute approximate surface area is 231 Å². The van der Waals surface area contributed by atoms with Crippen LogP contribution in [-0.4, -0.2) is 70.2 Å². The summed E-state index contributed by atoms with van der Waals surface area (Å²) in [5.74, 6) is 6.12. The number of nitriles is 1. The molecular formula is C28H30F3N5O3S. The number of ether oxygens (including phenoxy) is 1. The standard InChI is InChI=1S/C28H30F3N5O3S/c1-35-11-9-23(20(16-32)17-35)34-24-13-19(14-26-22(24)8-12-36(26)18-28(29,30)31)5-4-10-33-25-15-21(40(3,37)38)6-7-27(25)39-2/h6-8,12-15,20,23,33-34H,9-11,17-18H2,1-3H3/t20-,23-/m1/s1. The number of sulfone groups is 1. The lowest BCUT2D eigenvalue weighted by Gasteiger charge is -2.34. The summed E-state index contributed by atoms with van der Waals surface area (Å²) in [6.45, 7) is 0.379. The molecule has 0 saturated carbocycles. The first-order chi connectivity index (χ1) is 18.9. The summed E-state index contributed by atoms with van der Waals surface area (Å²) in [5, 5.41) is 16.8. The topological polar surface area (TPSA) is 99.4 Å². The van der Waals surface area contributed by atoms with Gasteiger partial charge in [0.05, 0.1) is 41.7 Å². The fraction of sp³-hybridized carbons (Fsp3) is 0.393. The molecule has 2 heterocycles. The summed E-state index contributed by atoms with van der Waals surface area (Å²) >= 11 is 0. The Kier molecular flexibility index (Phi) is 8.52. The first-order valence-electron chi connectivity index (χ1n) is 12.5. The maximum Gasteiger partial charge on any atom is 0.406 e. The Morgan fingerprint density at radius 2 is 1.95 bits per heavy atom. The summed E-state index contributed by atoms with van der Waals surface area (Å²) in [6.07, 6.45) is -1.17. The zero-order chi connectivity index (χ0) is 29.1. The number of benzene rings is 2. The molecule has 0 radical (unpaired) electrons. The van der Waals surface area contributed by atoms with Crippen LogP contribution in [0.15, 0.2) is 47.5 Å². The number of alkyl halides is 3. The molecule has 0 spiro atoms. The van der Waals surface area contributed by atoms with Crippen LogP contribution in [0.1, 0.15) is 12.0 Å². The number of methoxy groups -OCH3 is 1. The number of likely N-dealkylation sites (tertiary alicyclic amines) is 1. The second-order valence-electron chi connectivity index (χ2n) is 9.84. The lowest BCUT2D eigenvalue weighted by molar-refractivity contribution is -0.139. The average molecular weight is 574 g/mol. The number of halogens is 3. The molecule has 3 aromatic rings. The molecule has 1 aromatic heterocycles. The molecule has 2 N–H and O–H groups in total. The van der Waals surface area contributed by atoms with Crippen LogP contribution in [0.25, 0.3) is 10.9 Å². The van der Waals surface area contributed by atoms with E-state index in [1.165, 1.54) is 25.4 Å². The highest BCUT2D eigenvalue weighted by Gasteiger charge is 2.30. The second-order valence-corrected chi connectivity index (χ2v) is 11.9. The largest absolute Gasteiger partial charge is 0.495 e. The van der Waals surface area contributed by atoms with Gasteiger partial charge in [-0.15, -0.1) is 0 Å². The fourth-order valence-corrected chi connectivity index (χ4v) is 5.43. The molecule has 1 aliphatic heterocycles. The maximum atomic E-state index is 13.3. The van der Waals surface area contributed by atoms with E-state index in [2.05, 4.69) is 33.4 Å². The van der Waals surface area contributed by atoms with Crippen molar-refractivity contribution < 1.29 is 26.3 Å². The molecular weight excluding hydrogens is 543 g/mol. The minimum atomic E-state index is -4.40. The van der Waals surface area contributed by atoms with Gasteiger partial charge in [-0.2, -0.15) is 18.4 Å². The molecule has 2 aromatic carbocycles. The van der Waals surface area contributed by atoms with E-state index >= 15 is 0 Å². The summed E-state index contributed by atoms with van der Waals surface area (Å²) in [5.41, 5.74) is 1.94. The van der Waals surface area contributed by atoms with Gasteiger partial charge in [-0.3, -0.25) is 0 Å². The Bertz CT molecular complexity index is 1600. The van der Waals surface area contributed by atoms with Crippen LogP contribution in [-0.2, 0) is 16.4 Å². The third-order valence-corrected chi connectivity index (χ3v) is 7.87. The molecule has 1 fully saturated rings. The van der Waals surface area contributed by atoms with Gasteiger partial charge in [0.2, 0.25) is 0 Å². The van der Waals surface area contributed by atoms with Crippen molar-refractivity contribution in [2.45, 2.75) is 30.1 Å². The smallest absolute Gasteiger partial charge is 0.406 e. The Morgan fingerprint density at radius 3 is 2.62 bits per heavy atom. The van der Waals surface area contributed by atoms with Crippen molar-refractivity contribution in [2.24, 2.45) is 5.92 Å². The van der Waals surface area contributed by atoms with Crippen LogP contribution in [0.2, 0.25) is 0 Å². The Hall–Kier alpha value is -3.87. The van der Waals surface area contributed by atoms with Crippen molar-refractivity contribution in [3.63, 3.8) is 0 Å². The monoisotopic (exact) mass is 573 g/mol. The molecule has 0 bridgehead atoms. The van der Waals surface area contributed by atoms with E-state index in [1.54, 1.807) is 24.3 Å². The third kappa shape index (κ3) is 7.00. The minimum Gasteiger partial charge on any atom is -0.495 e. The van der Waals surface area contributed by atoms with Gasteiger partial charge in [0, 0.05) is 41.7 Å². The van der Waals surface area contributed by atoms with Crippen LogP contribution in [0, 0.1) is 29.1 Å². The minimum absolute atomic E-state index is 0.124. The fourth-order valence-electron chi connectivity index (χ4n) is 4.78. The Balaban J connectivity index is 1.64. The zero-order valence-electron chi connectivity index (χ0n) is 22.3. The maximum absolute atomic E-state index is 13.3. The van der Waals surface area contributed by atoms with Gasteiger partial charge >= 0.3 is 6.18 Å². The van der Waals surface area contributed by atoms with Crippen LogP contribution >= 0.6 is 0 Å². The molecule has 40 heavy (non-hydrogen) atoms. The van der Waals surface area contributed by atoms with E-state index < -0.39 is 22.6 Å². The van der Waals surface area contributed by atoms with Crippen molar-refractivity contribution in [3.8, 4) is 23.7 Å². The number of piperidine rings is 1. The summed E-state index contributed by atoms with van der Waals surface area (Å²) in [7, 11) is -0.00894. The molecule has 1 saturated heterocycles. The quantitative estimate of drug-likeness (QED) is 0.406. The van der Waals surface area contributed by atoms with Crippen LogP contribution < -0.4 is 15.4 Å². The van der Waals surface area contributed by atoms with Crippen molar-refractivity contribution in [3.05, 3.63) is 48.2 Å². The van der Waals surface area contributed by atoms with Crippen molar-refractivity contribution >= 4 is 32.1 Å². The highest BCUT2D eigenvalue weighted by molar-refractivity contribution is 7.90. The second kappa shape index (κ2) is 11.7. The van der Waals surface area contributed by atoms with Gasteiger partial charge in [0.15, 0.2) is 9.84 Å². The normalized spacial score (nSPS) is 18.0. The van der Waals surface area contributed by atoms with Crippen molar-refractivity contribution in [1.82, 2.24) is 9.47 Å². The van der Waals surface area contributed by atoms with E-state index in [1.807, 2.05) is 7.05 Å².